The molecule has 0 unspecified atom stereocenters. The maximum Gasteiger partial charge on any atom is -0.00483 e. The van der Waals surface area contributed by atoms with E-state index in [9.17, 15) is 0 Å². The lowest BCUT2D eigenvalue weighted by molar-refractivity contribution is 0.608. The Hall–Kier alpha value is -0.0800. The first-order valence-corrected chi connectivity index (χ1v) is 14.0. The summed E-state index contributed by atoms with van der Waals surface area (Å²) in [5.41, 5.74) is 5.66. The Balaban J connectivity index is 4.84. The quantitative estimate of drug-likeness (QED) is 0.126. The van der Waals surface area contributed by atoms with E-state index in [-0.39, 0.29) is 0 Å². The van der Waals surface area contributed by atoms with Crippen molar-refractivity contribution in [3.05, 3.63) is 43.4 Å². The summed E-state index contributed by atoms with van der Waals surface area (Å²) in [6.07, 6.45) is 23.3. The number of hydrogen-bond acceptors (Lipinski definition) is 0. The zero-order chi connectivity index (χ0) is 22.8. The molecule has 0 amide bonds. The van der Waals surface area contributed by atoms with Gasteiger partial charge in [-0.05, 0) is 84.6 Å². The third-order valence-corrected chi connectivity index (χ3v) is 6.91. The first-order chi connectivity index (χ1) is 14.3. The average molecular weight is 545 g/mol. The van der Waals surface area contributed by atoms with E-state index in [4.69, 9.17) is 0 Å². The van der Waals surface area contributed by atoms with Crippen LogP contribution in [-0.4, -0.2) is 0 Å². The molecule has 0 saturated heterocycles. The van der Waals surface area contributed by atoms with Gasteiger partial charge in [-0.15, -0.1) is 0 Å². The van der Waals surface area contributed by atoms with E-state index in [0.717, 1.165) is 0 Å². The van der Waals surface area contributed by atoms with Gasteiger partial charge in [0.15, 0.2) is 0 Å². The van der Waals surface area contributed by atoms with Crippen LogP contribution in [0, 0.1) is 0 Å². The molecule has 0 rings (SSSR count). The Labute approximate surface area is 206 Å². The number of rotatable bonds is 17. The molecule has 0 N–H and O–H groups in total. The SMILES string of the molecule is CCCCCCCCC(/C=C(C)/C(C)=C/C(CCCCCCCC)=C(\C)Br)=C(/C)Br. The summed E-state index contributed by atoms with van der Waals surface area (Å²) in [7, 11) is 0. The van der Waals surface area contributed by atoms with Crippen molar-refractivity contribution in [2.24, 2.45) is 0 Å². The van der Waals surface area contributed by atoms with Crippen LogP contribution in [0.5, 0.6) is 0 Å². The average Bonchev–Trinajstić information content (AvgIpc) is 2.70. The van der Waals surface area contributed by atoms with E-state index >= 15 is 0 Å². The van der Waals surface area contributed by atoms with Gasteiger partial charge in [-0.3, -0.25) is 0 Å². The maximum atomic E-state index is 3.75. The monoisotopic (exact) mass is 542 g/mol. The van der Waals surface area contributed by atoms with E-state index in [2.05, 4.69) is 85.6 Å². The fourth-order valence-electron chi connectivity index (χ4n) is 3.63. The topological polar surface area (TPSA) is 0 Å². The zero-order valence-electron chi connectivity index (χ0n) is 20.8. The highest BCUT2D eigenvalue weighted by molar-refractivity contribution is 9.12. The minimum atomic E-state index is 1.17. The number of halogens is 2. The zero-order valence-corrected chi connectivity index (χ0v) is 24.0. The molecule has 0 aliphatic rings. The lowest BCUT2D eigenvalue weighted by atomic mass is 9.98. The molecule has 0 heterocycles. The molecule has 0 bridgehead atoms. The summed E-state index contributed by atoms with van der Waals surface area (Å²) < 4.78 is 2.56. The van der Waals surface area contributed by atoms with Crippen LogP contribution < -0.4 is 0 Å². The van der Waals surface area contributed by atoms with Crippen LogP contribution in [0.2, 0.25) is 0 Å². The van der Waals surface area contributed by atoms with Gasteiger partial charge in [0, 0.05) is 0 Å². The smallest absolute Gasteiger partial charge is 0.00483 e. The highest BCUT2D eigenvalue weighted by Crippen LogP contribution is 2.26. The van der Waals surface area contributed by atoms with Crippen molar-refractivity contribution in [3.63, 3.8) is 0 Å². The van der Waals surface area contributed by atoms with Crippen LogP contribution >= 0.6 is 31.9 Å². The van der Waals surface area contributed by atoms with Crippen LogP contribution in [0.25, 0.3) is 0 Å². The molecule has 0 fully saturated rings. The molecule has 0 atom stereocenters. The highest BCUT2D eigenvalue weighted by atomic mass is 79.9. The van der Waals surface area contributed by atoms with Crippen LogP contribution in [0.4, 0.5) is 0 Å². The number of unbranched alkanes of at least 4 members (excludes halogenated alkanes) is 10. The fourth-order valence-corrected chi connectivity index (χ4v) is 4.26. The van der Waals surface area contributed by atoms with Crippen molar-refractivity contribution in [3.8, 4) is 0 Å². The Kier molecular flexibility index (Phi) is 19.5. The summed E-state index contributed by atoms with van der Waals surface area (Å²) in [5, 5.41) is 0. The lowest BCUT2D eigenvalue weighted by Gasteiger charge is -2.10. The van der Waals surface area contributed by atoms with E-state index in [1.807, 2.05) is 0 Å². The summed E-state index contributed by atoms with van der Waals surface area (Å²) in [4.78, 5) is 0. The predicted molar refractivity (Wildman–Crippen MR) is 147 cm³/mol. The lowest BCUT2D eigenvalue weighted by Crippen LogP contribution is -1.90. The molecule has 0 aromatic rings. The first kappa shape index (κ1) is 29.9. The van der Waals surface area contributed by atoms with Gasteiger partial charge in [0.2, 0.25) is 0 Å². The molecule has 30 heavy (non-hydrogen) atoms. The minimum Gasteiger partial charge on any atom is -0.0654 e. The number of hydrogen-bond donors (Lipinski definition) is 0. The van der Waals surface area contributed by atoms with Crippen molar-refractivity contribution in [2.75, 3.05) is 0 Å². The maximum absolute atomic E-state index is 3.75. The Morgan fingerprint density at radius 3 is 1.10 bits per heavy atom. The summed E-state index contributed by atoms with van der Waals surface area (Å²) in [5.74, 6) is 0. The molecule has 0 aromatic carbocycles. The summed E-state index contributed by atoms with van der Waals surface area (Å²) in [6, 6.07) is 0. The molecule has 0 nitrogen and oxygen atoms in total. The van der Waals surface area contributed by atoms with Gasteiger partial charge in [0.1, 0.15) is 0 Å². The molecule has 2 heteroatoms. The van der Waals surface area contributed by atoms with Gasteiger partial charge >= 0.3 is 0 Å². The third kappa shape index (κ3) is 15.7. The Morgan fingerprint density at radius 1 is 0.500 bits per heavy atom. The molecule has 0 saturated carbocycles. The van der Waals surface area contributed by atoms with Gasteiger partial charge in [0.25, 0.3) is 0 Å². The molecule has 0 aromatic heterocycles. The van der Waals surface area contributed by atoms with Gasteiger partial charge in [-0.25, -0.2) is 0 Å². The Morgan fingerprint density at radius 2 is 0.800 bits per heavy atom. The van der Waals surface area contributed by atoms with Crippen molar-refractivity contribution < 1.29 is 0 Å². The normalized spacial score (nSPS) is 14.7. The van der Waals surface area contributed by atoms with Crippen molar-refractivity contribution in [1.29, 1.82) is 0 Å². The second-order valence-electron chi connectivity index (χ2n) is 8.81. The van der Waals surface area contributed by atoms with Gasteiger partial charge < -0.3 is 0 Å². The van der Waals surface area contributed by atoms with Gasteiger partial charge in [-0.1, -0.05) is 122 Å². The molecular weight excluding hydrogens is 496 g/mol. The number of allylic oxidation sites excluding steroid dienone is 8. The molecule has 0 spiro atoms. The van der Waals surface area contributed by atoms with E-state index in [1.165, 1.54) is 121 Å². The van der Waals surface area contributed by atoms with Crippen molar-refractivity contribution >= 4 is 31.9 Å². The molecule has 0 radical (unpaired) electrons. The second kappa shape index (κ2) is 19.6. The largest absolute Gasteiger partial charge is 0.0654 e. The molecule has 0 aliphatic carbocycles. The summed E-state index contributed by atoms with van der Waals surface area (Å²) >= 11 is 7.49. The first-order valence-electron chi connectivity index (χ1n) is 12.4. The highest BCUT2D eigenvalue weighted by Gasteiger charge is 2.04. The van der Waals surface area contributed by atoms with Gasteiger partial charge in [0.05, 0.1) is 0 Å². The molecule has 0 aliphatic heterocycles. The fraction of sp³-hybridized carbons (Fsp3) is 0.714. The summed E-state index contributed by atoms with van der Waals surface area (Å²) in [6.45, 7) is 13.4. The predicted octanol–water partition coefficient (Wildman–Crippen LogP) is 11.7. The standard InChI is InChI=1S/C28H48Br2/c1-7-9-11-13-15-17-19-27(25(5)29)21-23(3)24(4)22-28(26(6)30)20-18-16-14-12-10-8-2/h21-22H,7-20H2,1-6H3/b23-21+,24-22+,27-25+,28-26+. The minimum absolute atomic E-state index is 1.17. The second-order valence-corrected chi connectivity index (χ2v) is 11.2. The van der Waals surface area contributed by atoms with E-state index < -0.39 is 0 Å². The van der Waals surface area contributed by atoms with Crippen LogP contribution in [-0.2, 0) is 0 Å². The Bertz CT molecular complexity index is 515. The van der Waals surface area contributed by atoms with Crippen molar-refractivity contribution in [1.82, 2.24) is 0 Å². The third-order valence-electron chi connectivity index (χ3n) is 5.89. The molecule has 174 valence electrons. The van der Waals surface area contributed by atoms with Crippen LogP contribution in [0.3, 0.4) is 0 Å². The van der Waals surface area contributed by atoms with Crippen LogP contribution in [0.1, 0.15) is 131 Å². The van der Waals surface area contributed by atoms with Crippen molar-refractivity contribution in [2.45, 2.75) is 131 Å². The molecular formula is C28H48Br2. The van der Waals surface area contributed by atoms with Crippen LogP contribution in [0.15, 0.2) is 43.4 Å². The van der Waals surface area contributed by atoms with E-state index in [0.29, 0.717) is 0 Å². The van der Waals surface area contributed by atoms with E-state index in [1.54, 1.807) is 0 Å². The van der Waals surface area contributed by atoms with Gasteiger partial charge in [-0.2, -0.15) is 0 Å².